The molecule has 2 fully saturated rings. The summed E-state index contributed by atoms with van der Waals surface area (Å²) in [5, 5.41) is 4.15. The maximum absolute atomic E-state index is 13.0. The van der Waals surface area contributed by atoms with Gasteiger partial charge in [0.15, 0.2) is 0 Å². The van der Waals surface area contributed by atoms with Crippen LogP contribution in [0.15, 0.2) is 42.5 Å². The van der Waals surface area contributed by atoms with Crippen LogP contribution in [0.4, 0.5) is 0 Å². The van der Waals surface area contributed by atoms with E-state index in [0.717, 1.165) is 32.4 Å². The smallest absolute Gasteiger partial charge is 0.254 e. The summed E-state index contributed by atoms with van der Waals surface area (Å²) in [4.78, 5) is 15.6. The number of nitrogens with one attached hydrogen (secondary N) is 1. The first-order chi connectivity index (χ1) is 14.0. The molecule has 0 radical (unpaired) electrons. The highest BCUT2D eigenvalue weighted by atomic mass is 35.5. The Morgan fingerprint density at radius 2 is 1.69 bits per heavy atom. The zero-order valence-electron chi connectivity index (χ0n) is 16.3. The van der Waals surface area contributed by atoms with E-state index in [1.54, 1.807) is 12.1 Å². The molecule has 2 aromatic rings. The lowest BCUT2D eigenvalue weighted by molar-refractivity contribution is 0.0810. The molecular formula is C23H25Cl3N2O. The summed E-state index contributed by atoms with van der Waals surface area (Å²) >= 11 is 18.5. The molecule has 0 spiro atoms. The van der Waals surface area contributed by atoms with Gasteiger partial charge < -0.3 is 5.32 Å². The molecule has 1 N–H and O–H groups in total. The molecule has 6 heteroatoms. The third-order valence-corrected chi connectivity index (χ3v) is 7.29. The van der Waals surface area contributed by atoms with Crippen LogP contribution in [0.5, 0.6) is 0 Å². The number of rotatable bonds is 5. The molecule has 4 rings (SSSR count). The Morgan fingerprint density at radius 3 is 2.34 bits per heavy atom. The summed E-state index contributed by atoms with van der Waals surface area (Å²) in [6.07, 6.45) is 5.81. The molecule has 1 amide bonds. The van der Waals surface area contributed by atoms with Gasteiger partial charge in [0.2, 0.25) is 0 Å². The monoisotopic (exact) mass is 450 g/mol. The number of carbonyl (C=O) groups excluding carboxylic acids is 1. The fourth-order valence-electron chi connectivity index (χ4n) is 5.16. The third-order valence-electron chi connectivity index (χ3n) is 6.48. The predicted octanol–water partition coefficient (Wildman–Crippen LogP) is 6.18. The Labute approximate surface area is 187 Å². The van der Waals surface area contributed by atoms with Gasteiger partial charge in [0.25, 0.3) is 5.91 Å². The van der Waals surface area contributed by atoms with Gasteiger partial charge in [0.1, 0.15) is 0 Å². The minimum atomic E-state index is -0.242. The average molecular weight is 452 g/mol. The van der Waals surface area contributed by atoms with Gasteiger partial charge in [-0.3, -0.25) is 9.69 Å². The Balaban J connectivity index is 1.61. The second-order valence-electron chi connectivity index (χ2n) is 8.08. The standard InChI is InChI=1S/C23H25Cl3N2O/c24-17-13-19(25)21(20(26)14-17)22(29)27-15-23(28-11-4-5-12-28)10-6-9-18(23)16-7-2-1-3-8-16/h1-3,7-8,13-14,18H,4-6,9-12,15H2,(H,27,29). The van der Waals surface area contributed by atoms with Crippen LogP contribution in [-0.4, -0.2) is 36.0 Å². The SMILES string of the molecule is O=C(NCC1(N2CCCC2)CCCC1c1ccccc1)c1c(Cl)cc(Cl)cc1Cl. The Morgan fingerprint density at radius 1 is 1.03 bits per heavy atom. The molecule has 1 aliphatic carbocycles. The first-order valence-electron chi connectivity index (χ1n) is 10.2. The second kappa shape index (κ2) is 8.85. The number of nitrogens with zero attached hydrogens (tertiary/aromatic N) is 1. The number of likely N-dealkylation sites (tertiary alicyclic amines) is 1. The number of amides is 1. The van der Waals surface area contributed by atoms with Gasteiger partial charge in [0.05, 0.1) is 15.6 Å². The molecule has 2 aliphatic rings. The van der Waals surface area contributed by atoms with Gasteiger partial charge >= 0.3 is 0 Å². The lowest BCUT2D eigenvalue weighted by Crippen LogP contribution is -2.56. The Kier molecular flexibility index (Phi) is 6.41. The molecule has 2 atom stereocenters. The number of halogens is 3. The van der Waals surface area contributed by atoms with Crippen molar-refractivity contribution in [3.63, 3.8) is 0 Å². The van der Waals surface area contributed by atoms with E-state index in [0.29, 0.717) is 23.0 Å². The number of hydrogen-bond donors (Lipinski definition) is 1. The van der Waals surface area contributed by atoms with Gasteiger partial charge in [-0.25, -0.2) is 0 Å². The van der Waals surface area contributed by atoms with Crippen LogP contribution < -0.4 is 5.32 Å². The van der Waals surface area contributed by atoms with Crippen molar-refractivity contribution in [2.24, 2.45) is 0 Å². The summed E-state index contributed by atoms with van der Waals surface area (Å²) in [5.74, 6) is 0.159. The molecule has 29 heavy (non-hydrogen) atoms. The highest BCUT2D eigenvalue weighted by Crippen LogP contribution is 2.47. The first kappa shape index (κ1) is 21.0. The number of carbonyl (C=O) groups is 1. The van der Waals surface area contributed by atoms with Crippen molar-refractivity contribution < 1.29 is 4.79 Å². The Hall–Kier alpha value is -1.26. The Bertz CT molecular complexity index is 860. The minimum absolute atomic E-state index is 0.0705. The average Bonchev–Trinajstić information content (AvgIpc) is 3.37. The summed E-state index contributed by atoms with van der Waals surface area (Å²) in [6.45, 7) is 2.75. The van der Waals surface area contributed by atoms with Crippen LogP contribution in [0.3, 0.4) is 0 Å². The molecule has 2 aromatic carbocycles. The molecule has 0 aromatic heterocycles. The quantitative estimate of drug-likeness (QED) is 0.589. The van der Waals surface area contributed by atoms with Crippen molar-refractivity contribution in [1.29, 1.82) is 0 Å². The van der Waals surface area contributed by atoms with Crippen molar-refractivity contribution >= 4 is 40.7 Å². The normalized spacial score (nSPS) is 24.7. The largest absolute Gasteiger partial charge is 0.350 e. The maximum Gasteiger partial charge on any atom is 0.254 e. The molecule has 1 heterocycles. The third kappa shape index (κ3) is 4.16. The topological polar surface area (TPSA) is 32.3 Å². The fraction of sp³-hybridized carbons (Fsp3) is 0.435. The fourth-order valence-corrected chi connectivity index (χ4v) is 6.15. The lowest BCUT2D eigenvalue weighted by Gasteiger charge is -2.44. The second-order valence-corrected chi connectivity index (χ2v) is 9.33. The van der Waals surface area contributed by atoms with Crippen LogP contribution >= 0.6 is 34.8 Å². The summed E-state index contributed by atoms with van der Waals surface area (Å²) in [6, 6.07) is 13.8. The highest BCUT2D eigenvalue weighted by molar-refractivity contribution is 6.42. The minimum Gasteiger partial charge on any atom is -0.350 e. The van der Waals surface area contributed by atoms with Crippen molar-refractivity contribution in [3.8, 4) is 0 Å². The lowest BCUT2D eigenvalue weighted by atomic mass is 9.80. The number of benzene rings is 2. The van der Waals surface area contributed by atoms with E-state index >= 15 is 0 Å². The zero-order valence-corrected chi connectivity index (χ0v) is 18.5. The summed E-state index contributed by atoms with van der Waals surface area (Å²) < 4.78 is 0. The maximum atomic E-state index is 13.0. The zero-order chi connectivity index (χ0) is 20.4. The van der Waals surface area contributed by atoms with E-state index in [1.165, 1.54) is 18.4 Å². The van der Waals surface area contributed by atoms with E-state index < -0.39 is 0 Å². The molecule has 1 aliphatic heterocycles. The van der Waals surface area contributed by atoms with Crippen LogP contribution in [0.25, 0.3) is 0 Å². The summed E-state index contributed by atoms with van der Waals surface area (Å²) in [5.41, 5.74) is 1.58. The van der Waals surface area contributed by atoms with Crippen LogP contribution in [0, 0.1) is 0 Å². The molecule has 3 nitrogen and oxygen atoms in total. The van der Waals surface area contributed by atoms with Crippen LogP contribution in [-0.2, 0) is 0 Å². The highest BCUT2D eigenvalue weighted by Gasteiger charge is 2.48. The van der Waals surface area contributed by atoms with Gasteiger partial charge in [-0.2, -0.15) is 0 Å². The van der Waals surface area contributed by atoms with Crippen molar-refractivity contribution in [2.75, 3.05) is 19.6 Å². The van der Waals surface area contributed by atoms with Gasteiger partial charge in [-0.1, -0.05) is 71.6 Å². The summed E-state index contributed by atoms with van der Waals surface area (Å²) in [7, 11) is 0. The van der Waals surface area contributed by atoms with E-state index in [9.17, 15) is 4.79 Å². The van der Waals surface area contributed by atoms with Crippen molar-refractivity contribution in [3.05, 3.63) is 68.7 Å². The predicted molar refractivity (Wildman–Crippen MR) is 120 cm³/mol. The molecule has 1 saturated carbocycles. The van der Waals surface area contributed by atoms with Crippen LogP contribution in [0.1, 0.15) is 53.9 Å². The molecule has 154 valence electrons. The molecular weight excluding hydrogens is 427 g/mol. The van der Waals surface area contributed by atoms with E-state index in [-0.39, 0.29) is 21.5 Å². The van der Waals surface area contributed by atoms with Crippen molar-refractivity contribution in [2.45, 2.75) is 43.6 Å². The molecule has 2 unspecified atom stereocenters. The van der Waals surface area contributed by atoms with E-state index in [4.69, 9.17) is 34.8 Å². The molecule has 0 bridgehead atoms. The van der Waals surface area contributed by atoms with Gasteiger partial charge in [0, 0.05) is 23.0 Å². The van der Waals surface area contributed by atoms with Crippen LogP contribution in [0.2, 0.25) is 15.1 Å². The van der Waals surface area contributed by atoms with E-state index in [2.05, 4.69) is 40.5 Å². The van der Waals surface area contributed by atoms with E-state index in [1.807, 2.05) is 0 Å². The van der Waals surface area contributed by atoms with Gasteiger partial charge in [-0.15, -0.1) is 0 Å². The molecule has 1 saturated heterocycles. The van der Waals surface area contributed by atoms with Crippen molar-refractivity contribution in [1.82, 2.24) is 10.2 Å². The van der Waals surface area contributed by atoms with Gasteiger partial charge in [-0.05, 0) is 56.5 Å². The first-order valence-corrected chi connectivity index (χ1v) is 11.4. The number of hydrogen-bond acceptors (Lipinski definition) is 2.